The Balaban J connectivity index is 1.79. The molecule has 3 rings (SSSR count). The second-order valence-electron chi connectivity index (χ2n) is 5.33. The maximum atomic E-state index is 5.50. The third kappa shape index (κ3) is 2.42. The van der Waals surface area contributed by atoms with E-state index in [0.717, 1.165) is 19.6 Å². The fourth-order valence-electron chi connectivity index (χ4n) is 3.05. The van der Waals surface area contributed by atoms with Gasteiger partial charge in [0.15, 0.2) is 0 Å². The number of anilines is 2. The molecule has 0 aliphatic carbocycles. The first-order chi connectivity index (χ1) is 9.31. The Hall–Kier alpha value is -1.26. The Bertz CT molecular complexity index is 438. The molecule has 2 atom stereocenters. The maximum absolute atomic E-state index is 5.50. The molecule has 104 valence electrons. The van der Waals surface area contributed by atoms with E-state index in [2.05, 4.69) is 28.4 Å². The molecular formula is C15H22N2O2. The van der Waals surface area contributed by atoms with Gasteiger partial charge >= 0.3 is 0 Å². The van der Waals surface area contributed by atoms with Crippen LogP contribution in [0.2, 0.25) is 0 Å². The summed E-state index contributed by atoms with van der Waals surface area (Å²) in [6.07, 6.45) is 2.74. The first-order valence-corrected chi connectivity index (χ1v) is 6.99. The van der Waals surface area contributed by atoms with Crippen molar-refractivity contribution < 1.29 is 9.47 Å². The minimum absolute atomic E-state index is 0.161. The predicted octanol–water partition coefficient (Wildman–Crippen LogP) is 1.89. The quantitative estimate of drug-likeness (QED) is 0.902. The number of benzene rings is 1. The second kappa shape index (κ2) is 5.39. The zero-order valence-corrected chi connectivity index (χ0v) is 11.7. The molecule has 0 bridgehead atoms. The van der Waals surface area contributed by atoms with Crippen molar-refractivity contribution in [3.63, 3.8) is 0 Å². The molecule has 1 N–H and O–H groups in total. The Morgan fingerprint density at radius 3 is 2.58 bits per heavy atom. The van der Waals surface area contributed by atoms with E-state index in [1.165, 1.54) is 29.8 Å². The van der Waals surface area contributed by atoms with Crippen LogP contribution < -0.4 is 10.2 Å². The number of aryl methyl sites for hydroxylation is 1. The summed E-state index contributed by atoms with van der Waals surface area (Å²) in [4.78, 5) is 2.35. The van der Waals surface area contributed by atoms with Gasteiger partial charge in [-0.05, 0) is 30.5 Å². The molecule has 1 saturated heterocycles. The van der Waals surface area contributed by atoms with Gasteiger partial charge in [0, 0.05) is 45.2 Å². The van der Waals surface area contributed by atoms with Crippen molar-refractivity contribution in [2.75, 3.05) is 44.1 Å². The van der Waals surface area contributed by atoms with Crippen molar-refractivity contribution in [1.82, 2.24) is 0 Å². The summed E-state index contributed by atoms with van der Waals surface area (Å²) in [5.74, 6) is 0. The molecule has 0 amide bonds. The van der Waals surface area contributed by atoms with Crippen molar-refractivity contribution in [2.45, 2.75) is 25.0 Å². The Morgan fingerprint density at radius 1 is 1.16 bits per heavy atom. The van der Waals surface area contributed by atoms with Crippen molar-refractivity contribution >= 4 is 11.4 Å². The van der Waals surface area contributed by atoms with Crippen molar-refractivity contribution in [2.24, 2.45) is 0 Å². The average Bonchev–Trinajstić information content (AvgIpc) is 2.90. The summed E-state index contributed by atoms with van der Waals surface area (Å²) in [5, 5.41) is 3.49. The van der Waals surface area contributed by atoms with Gasteiger partial charge in [-0.15, -0.1) is 0 Å². The summed E-state index contributed by atoms with van der Waals surface area (Å²) < 4.78 is 11.0. The monoisotopic (exact) mass is 262 g/mol. The summed E-state index contributed by atoms with van der Waals surface area (Å²) in [6.45, 7) is 2.87. The van der Waals surface area contributed by atoms with E-state index in [1.54, 1.807) is 14.2 Å². The minimum Gasteiger partial charge on any atom is -0.385 e. The number of nitrogens with zero attached hydrogens (tertiary/aromatic N) is 1. The van der Waals surface area contributed by atoms with Crippen LogP contribution in [0, 0.1) is 0 Å². The highest BCUT2D eigenvalue weighted by atomic mass is 16.5. The summed E-state index contributed by atoms with van der Waals surface area (Å²) >= 11 is 0. The van der Waals surface area contributed by atoms with Gasteiger partial charge in [-0.3, -0.25) is 0 Å². The summed E-state index contributed by atoms with van der Waals surface area (Å²) in [6, 6.07) is 6.73. The zero-order valence-electron chi connectivity index (χ0n) is 11.7. The Labute approximate surface area is 114 Å². The smallest absolute Gasteiger partial charge is 0.102 e. The van der Waals surface area contributed by atoms with Gasteiger partial charge < -0.3 is 19.7 Å². The topological polar surface area (TPSA) is 33.7 Å². The van der Waals surface area contributed by atoms with Crippen LogP contribution in [0.3, 0.4) is 0 Å². The van der Waals surface area contributed by atoms with Crippen LogP contribution in [0.5, 0.6) is 0 Å². The molecule has 2 aliphatic heterocycles. The van der Waals surface area contributed by atoms with Crippen LogP contribution in [0.1, 0.15) is 12.0 Å². The molecule has 4 nitrogen and oxygen atoms in total. The summed E-state index contributed by atoms with van der Waals surface area (Å²) in [5.41, 5.74) is 3.98. The molecule has 1 aromatic carbocycles. The van der Waals surface area contributed by atoms with E-state index in [4.69, 9.17) is 9.47 Å². The number of ether oxygens (including phenoxy) is 2. The van der Waals surface area contributed by atoms with Gasteiger partial charge in [0.05, 0.1) is 0 Å². The number of methoxy groups -OCH3 is 2. The highest BCUT2D eigenvalue weighted by molar-refractivity contribution is 5.64. The van der Waals surface area contributed by atoms with Gasteiger partial charge in [-0.2, -0.15) is 0 Å². The lowest BCUT2D eigenvalue weighted by Crippen LogP contribution is -2.27. The van der Waals surface area contributed by atoms with Crippen molar-refractivity contribution in [3.8, 4) is 0 Å². The summed E-state index contributed by atoms with van der Waals surface area (Å²) in [7, 11) is 3.52. The lowest BCUT2D eigenvalue weighted by Gasteiger charge is -2.23. The highest BCUT2D eigenvalue weighted by Gasteiger charge is 2.33. The molecule has 2 heterocycles. The molecule has 0 saturated carbocycles. The molecule has 19 heavy (non-hydrogen) atoms. The standard InChI is InChI=1S/C15H22N2O2/c1-18-14-9-17(10-15(14)19-2)12-6-5-11-4-3-7-16-13(11)8-12/h5-6,8,14-16H,3-4,7,9-10H2,1-2H3. The molecule has 1 fully saturated rings. The van der Waals surface area contributed by atoms with Crippen LogP contribution in [0.25, 0.3) is 0 Å². The normalized spacial score (nSPS) is 26.1. The minimum atomic E-state index is 0.161. The number of hydrogen-bond donors (Lipinski definition) is 1. The SMILES string of the molecule is COC1CN(c2ccc3c(c2)NCCC3)CC1OC. The van der Waals surface area contributed by atoms with Crippen LogP contribution in [0.4, 0.5) is 11.4 Å². The fourth-order valence-corrected chi connectivity index (χ4v) is 3.05. The van der Waals surface area contributed by atoms with Crippen LogP contribution in [0.15, 0.2) is 18.2 Å². The molecule has 2 aliphatic rings. The van der Waals surface area contributed by atoms with Crippen LogP contribution >= 0.6 is 0 Å². The van der Waals surface area contributed by atoms with E-state index in [0.29, 0.717) is 0 Å². The molecule has 1 aromatic rings. The molecule has 0 radical (unpaired) electrons. The molecule has 4 heteroatoms. The van der Waals surface area contributed by atoms with Gasteiger partial charge in [0.2, 0.25) is 0 Å². The lowest BCUT2D eigenvalue weighted by molar-refractivity contribution is -0.00461. The van der Waals surface area contributed by atoms with E-state index < -0.39 is 0 Å². The first-order valence-electron chi connectivity index (χ1n) is 6.99. The first kappa shape index (κ1) is 12.8. The third-order valence-corrected chi connectivity index (χ3v) is 4.22. The van der Waals surface area contributed by atoms with Gasteiger partial charge in [0.25, 0.3) is 0 Å². The second-order valence-corrected chi connectivity index (χ2v) is 5.33. The van der Waals surface area contributed by atoms with Crippen molar-refractivity contribution in [1.29, 1.82) is 0 Å². The number of rotatable bonds is 3. The number of fused-ring (bicyclic) bond motifs is 1. The van der Waals surface area contributed by atoms with E-state index in [1.807, 2.05) is 0 Å². The highest BCUT2D eigenvalue weighted by Crippen LogP contribution is 2.30. The molecule has 2 unspecified atom stereocenters. The molecule has 0 aromatic heterocycles. The number of nitrogens with one attached hydrogen (secondary N) is 1. The van der Waals surface area contributed by atoms with Crippen LogP contribution in [-0.4, -0.2) is 46.1 Å². The lowest BCUT2D eigenvalue weighted by atomic mass is 10.0. The van der Waals surface area contributed by atoms with E-state index >= 15 is 0 Å². The number of hydrogen-bond acceptors (Lipinski definition) is 4. The average molecular weight is 262 g/mol. The largest absolute Gasteiger partial charge is 0.385 e. The van der Waals surface area contributed by atoms with Gasteiger partial charge in [0.1, 0.15) is 12.2 Å². The van der Waals surface area contributed by atoms with Crippen LogP contribution in [-0.2, 0) is 15.9 Å². The Morgan fingerprint density at radius 2 is 1.89 bits per heavy atom. The third-order valence-electron chi connectivity index (χ3n) is 4.22. The van der Waals surface area contributed by atoms with Gasteiger partial charge in [-0.1, -0.05) is 6.07 Å². The van der Waals surface area contributed by atoms with Crippen molar-refractivity contribution in [3.05, 3.63) is 23.8 Å². The van der Waals surface area contributed by atoms with E-state index in [-0.39, 0.29) is 12.2 Å². The fraction of sp³-hybridized carbons (Fsp3) is 0.600. The maximum Gasteiger partial charge on any atom is 0.102 e. The van der Waals surface area contributed by atoms with Gasteiger partial charge in [-0.25, -0.2) is 0 Å². The predicted molar refractivity (Wildman–Crippen MR) is 77.1 cm³/mol. The molecular weight excluding hydrogens is 240 g/mol. The Kier molecular flexibility index (Phi) is 3.62. The zero-order chi connectivity index (χ0) is 13.2. The van der Waals surface area contributed by atoms with E-state index in [9.17, 15) is 0 Å². The molecule has 0 spiro atoms.